The summed E-state index contributed by atoms with van der Waals surface area (Å²) in [4.78, 5) is 13.9. The number of likely N-dealkylation sites (N-methyl/N-ethyl adjacent to an activating group) is 1. The maximum absolute atomic E-state index is 12.9. The van der Waals surface area contributed by atoms with Crippen molar-refractivity contribution < 1.29 is 9.18 Å². The summed E-state index contributed by atoms with van der Waals surface area (Å²) in [6, 6.07) is 6.40. The quantitative estimate of drug-likeness (QED) is 0.906. The van der Waals surface area contributed by atoms with E-state index in [1.807, 2.05) is 18.9 Å². The van der Waals surface area contributed by atoms with E-state index < -0.39 is 0 Å². The van der Waals surface area contributed by atoms with Crippen LogP contribution in [-0.2, 0) is 4.79 Å². The fourth-order valence-corrected chi connectivity index (χ4v) is 3.33. The van der Waals surface area contributed by atoms with Crippen molar-refractivity contribution in [2.45, 2.75) is 17.5 Å². The predicted molar refractivity (Wildman–Crippen MR) is 71.8 cm³/mol. The molecule has 1 aliphatic heterocycles. The number of hydrogen-bond acceptors (Lipinski definition) is 3. The summed E-state index contributed by atoms with van der Waals surface area (Å²) in [7, 11) is 1.87. The van der Waals surface area contributed by atoms with Crippen molar-refractivity contribution >= 4 is 17.7 Å². The molecule has 5 heteroatoms. The second kappa shape index (κ2) is 5.71. The molecule has 1 N–H and O–H groups in total. The second-order valence-corrected chi connectivity index (χ2v) is 5.74. The van der Waals surface area contributed by atoms with Gasteiger partial charge in [-0.3, -0.25) is 4.79 Å². The zero-order valence-corrected chi connectivity index (χ0v) is 11.3. The Morgan fingerprint density at radius 3 is 2.67 bits per heavy atom. The van der Waals surface area contributed by atoms with Gasteiger partial charge in [0.05, 0.1) is 5.25 Å². The molecule has 1 heterocycles. The Labute approximate surface area is 111 Å². The molecule has 0 aliphatic carbocycles. The average molecular weight is 268 g/mol. The summed E-state index contributed by atoms with van der Waals surface area (Å²) in [5.74, 6) is -0.0903. The molecule has 0 aromatic heterocycles. The summed E-state index contributed by atoms with van der Waals surface area (Å²) in [5, 5.41) is 3.02. The number of hydrogen-bond donors (Lipinski definition) is 1. The van der Waals surface area contributed by atoms with Gasteiger partial charge in [-0.05, 0) is 31.7 Å². The van der Waals surface area contributed by atoms with Crippen LogP contribution < -0.4 is 5.32 Å². The molecule has 1 saturated heterocycles. The van der Waals surface area contributed by atoms with Crippen molar-refractivity contribution in [3.8, 4) is 0 Å². The van der Waals surface area contributed by atoms with Crippen molar-refractivity contribution in [1.82, 2.24) is 10.2 Å². The van der Waals surface area contributed by atoms with Crippen LogP contribution in [0.5, 0.6) is 0 Å². The highest BCUT2D eigenvalue weighted by atomic mass is 32.2. The molecule has 1 aromatic rings. The SMILES string of the molecule is CNCCN1C(=O)[C@@H](C)S[C@@H]1c1ccc(F)cc1. The summed E-state index contributed by atoms with van der Waals surface area (Å²) in [6.07, 6.45) is 0. The van der Waals surface area contributed by atoms with Crippen molar-refractivity contribution in [3.05, 3.63) is 35.6 Å². The second-order valence-electron chi connectivity index (χ2n) is 4.32. The van der Waals surface area contributed by atoms with Gasteiger partial charge < -0.3 is 10.2 Å². The molecular formula is C13H17FN2OS. The summed E-state index contributed by atoms with van der Waals surface area (Å²) in [5.41, 5.74) is 0.982. The van der Waals surface area contributed by atoms with Crippen LogP contribution >= 0.6 is 11.8 Å². The highest BCUT2D eigenvalue weighted by Crippen LogP contribution is 2.42. The molecular weight excluding hydrogens is 251 g/mol. The largest absolute Gasteiger partial charge is 0.324 e. The lowest BCUT2D eigenvalue weighted by Gasteiger charge is -2.24. The maximum atomic E-state index is 12.9. The summed E-state index contributed by atoms with van der Waals surface area (Å²) >= 11 is 1.62. The van der Waals surface area contributed by atoms with Gasteiger partial charge >= 0.3 is 0 Å². The molecule has 98 valence electrons. The third-order valence-corrected chi connectivity index (χ3v) is 4.40. The number of benzene rings is 1. The van der Waals surface area contributed by atoms with Gasteiger partial charge in [0.25, 0.3) is 0 Å². The van der Waals surface area contributed by atoms with E-state index in [-0.39, 0.29) is 22.3 Å². The summed E-state index contributed by atoms with van der Waals surface area (Å²) in [6.45, 7) is 3.36. The predicted octanol–water partition coefficient (Wildman–Crippen LogP) is 2.01. The number of carbonyl (C=O) groups excluding carboxylic acids is 1. The van der Waals surface area contributed by atoms with E-state index in [1.165, 1.54) is 12.1 Å². The van der Waals surface area contributed by atoms with Gasteiger partial charge in [-0.1, -0.05) is 12.1 Å². The van der Waals surface area contributed by atoms with Gasteiger partial charge in [0.1, 0.15) is 11.2 Å². The molecule has 0 bridgehead atoms. The fourth-order valence-electron chi connectivity index (χ4n) is 2.02. The molecule has 2 atom stereocenters. The third kappa shape index (κ3) is 2.67. The Morgan fingerprint density at radius 1 is 1.39 bits per heavy atom. The molecule has 0 spiro atoms. The van der Waals surface area contributed by atoms with Crippen molar-refractivity contribution in [3.63, 3.8) is 0 Å². The monoisotopic (exact) mass is 268 g/mol. The smallest absolute Gasteiger partial charge is 0.236 e. The van der Waals surface area contributed by atoms with E-state index in [1.54, 1.807) is 23.9 Å². The van der Waals surface area contributed by atoms with Crippen molar-refractivity contribution in [2.75, 3.05) is 20.1 Å². The molecule has 0 radical (unpaired) electrons. The molecule has 1 aliphatic rings. The van der Waals surface area contributed by atoms with Crippen molar-refractivity contribution in [2.24, 2.45) is 0 Å². The van der Waals surface area contributed by atoms with E-state index in [0.29, 0.717) is 6.54 Å². The molecule has 1 fully saturated rings. The van der Waals surface area contributed by atoms with Crippen molar-refractivity contribution in [1.29, 1.82) is 0 Å². The number of nitrogens with one attached hydrogen (secondary N) is 1. The normalized spacial score (nSPS) is 23.7. The van der Waals surface area contributed by atoms with Crippen LogP contribution in [0.3, 0.4) is 0 Å². The van der Waals surface area contributed by atoms with Crippen LogP contribution in [0.1, 0.15) is 17.9 Å². The average Bonchev–Trinajstić information content (AvgIpc) is 2.64. The van der Waals surface area contributed by atoms with Crippen LogP contribution in [0.2, 0.25) is 0 Å². The van der Waals surface area contributed by atoms with Gasteiger partial charge in [-0.25, -0.2) is 4.39 Å². The lowest BCUT2D eigenvalue weighted by Crippen LogP contribution is -2.35. The van der Waals surface area contributed by atoms with E-state index in [9.17, 15) is 9.18 Å². The molecule has 0 unspecified atom stereocenters. The Morgan fingerprint density at radius 2 is 2.06 bits per heavy atom. The van der Waals surface area contributed by atoms with E-state index in [2.05, 4.69) is 5.32 Å². The Hall–Kier alpha value is -1.07. The van der Waals surface area contributed by atoms with Crippen LogP contribution in [0.4, 0.5) is 4.39 Å². The number of amides is 1. The first kappa shape index (κ1) is 13.4. The number of carbonyl (C=O) groups is 1. The zero-order valence-electron chi connectivity index (χ0n) is 10.5. The minimum absolute atomic E-state index is 0.00134. The Kier molecular flexibility index (Phi) is 4.24. The first-order valence-electron chi connectivity index (χ1n) is 5.99. The van der Waals surface area contributed by atoms with E-state index in [0.717, 1.165) is 12.1 Å². The topological polar surface area (TPSA) is 32.3 Å². The van der Waals surface area contributed by atoms with Gasteiger partial charge in [-0.2, -0.15) is 0 Å². The minimum Gasteiger partial charge on any atom is -0.324 e. The lowest BCUT2D eigenvalue weighted by molar-refractivity contribution is -0.129. The van der Waals surface area contributed by atoms with Crippen LogP contribution in [0.15, 0.2) is 24.3 Å². The molecule has 1 aromatic carbocycles. The van der Waals surface area contributed by atoms with E-state index >= 15 is 0 Å². The zero-order chi connectivity index (χ0) is 13.1. The molecule has 1 amide bonds. The number of halogens is 1. The number of thioether (sulfide) groups is 1. The lowest BCUT2D eigenvalue weighted by atomic mass is 10.2. The van der Waals surface area contributed by atoms with Gasteiger partial charge in [0, 0.05) is 13.1 Å². The Balaban J connectivity index is 2.19. The van der Waals surface area contributed by atoms with Crippen LogP contribution in [0.25, 0.3) is 0 Å². The first-order chi connectivity index (χ1) is 8.63. The molecule has 18 heavy (non-hydrogen) atoms. The fraction of sp³-hybridized carbons (Fsp3) is 0.462. The Bertz CT molecular complexity index is 424. The van der Waals surface area contributed by atoms with Gasteiger partial charge in [-0.15, -0.1) is 11.8 Å². The van der Waals surface area contributed by atoms with Gasteiger partial charge in [0.15, 0.2) is 0 Å². The first-order valence-corrected chi connectivity index (χ1v) is 6.93. The standard InChI is InChI=1S/C13H17FN2OS/c1-9-12(17)16(8-7-15-2)13(18-9)10-3-5-11(14)6-4-10/h3-6,9,13,15H,7-8H2,1-2H3/t9-,13-/m1/s1. The maximum Gasteiger partial charge on any atom is 0.236 e. The van der Waals surface area contributed by atoms with E-state index in [4.69, 9.17) is 0 Å². The third-order valence-electron chi connectivity index (χ3n) is 3.00. The highest BCUT2D eigenvalue weighted by molar-refractivity contribution is 8.01. The molecule has 3 nitrogen and oxygen atoms in total. The highest BCUT2D eigenvalue weighted by Gasteiger charge is 2.37. The minimum atomic E-state index is -0.247. The number of nitrogens with zero attached hydrogens (tertiary/aromatic N) is 1. The van der Waals surface area contributed by atoms with Crippen LogP contribution in [0, 0.1) is 5.82 Å². The van der Waals surface area contributed by atoms with Gasteiger partial charge in [0.2, 0.25) is 5.91 Å². The molecule has 0 saturated carbocycles. The number of rotatable bonds is 4. The summed E-state index contributed by atoms with van der Waals surface area (Å²) < 4.78 is 12.9. The molecule has 2 rings (SSSR count). The van der Waals surface area contributed by atoms with Crippen LogP contribution in [-0.4, -0.2) is 36.2 Å².